The van der Waals surface area contributed by atoms with Crippen molar-refractivity contribution < 1.29 is 9.59 Å². The lowest BCUT2D eigenvalue weighted by molar-refractivity contribution is -0.115. The SMILES string of the molecule is O=C(CNC(=O)c1ccccc1)Nc1nc(CCl)cs1. The second-order valence-electron chi connectivity index (χ2n) is 3.87. The molecule has 7 heteroatoms. The summed E-state index contributed by atoms with van der Waals surface area (Å²) in [6.07, 6.45) is 0. The number of carbonyl (C=O) groups is 2. The number of alkyl halides is 1. The van der Waals surface area contributed by atoms with Crippen molar-refractivity contribution in [2.75, 3.05) is 11.9 Å². The van der Waals surface area contributed by atoms with Gasteiger partial charge in [0.25, 0.3) is 5.91 Å². The minimum Gasteiger partial charge on any atom is -0.343 e. The number of carbonyl (C=O) groups excluding carboxylic acids is 2. The van der Waals surface area contributed by atoms with Crippen LogP contribution in [-0.2, 0) is 10.7 Å². The number of aromatic nitrogens is 1. The van der Waals surface area contributed by atoms with Crippen LogP contribution in [0, 0.1) is 0 Å². The first-order valence-corrected chi connectivity index (χ1v) is 7.24. The fraction of sp³-hybridized carbons (Fsp3) is 0.154. The first-order valence-electron chi connectivity index (χ1n) is 5.82. The Balaban J connectivity index is 1.82. The number of nitrogens with zero attached hydrogens (tertiary/aromatic N) is 1. The molecule has 1 aromatic heterocycles. The molecule has 0 saturated heterocycles. The second-order valence-corrected chi connectivity index (χ2v) is 5.00. The van der Waals surface area contributed by atoms with Crippen molar-refractivity contribution >= 4 is 39.9 Å². The van der Waals surface area contributed by atoms with Gasteiger partial charge in [-0.25, -0.2) is 4.98 Å². The first-order chi connectivity index (χ1) is 9.69. The minimum absolute atomic E-state index is 0.108. The molecule has 2 amide bonds. The van der Waals surface area contributed by atoms with E-state index in [-0.39, 0.29) is 18.4 Å². The molecule has 0 spiro atoms. The number of halogens is 1. The van der Waals surface area contributed by atoms with E-state index in [1.165, 1.54) is 11.3 Å². The molecule has 0 aliphatic carbocycles. The van der Waals surface area contributed by atoms with Crippen LogP contribution in [0.3, 0.4) is 0 Å². The van der Waals surface area contributed by atoms with E-state index in [1.807, 2.05) is 6.07 Å². The molecule has 0 radical (unpaired) electrons. The second kappa shape index (κ2) is 7.02. The third-order valence-electron chi connectivity index (χ3n) is 2.38. The fourth-order valence-corrected chi connectivity index (χ4v) is 2.40. The lowest BCUT2D eigenvalue weighted by atomic mass is 10.2. The summed E-state index contributed by atoms with van der Waals surface area (Å²) in [6.45, 7) is -0.108. The monoisotopic (exact) mass is 309 g/mol. The van der Waals surface area contributed by atoms with Crippen LogP contribution in [-0.4, -0.2) is 23.3 Å². The van der Waals surface area contributed by atoms with Gasteiger partial charge in [-0.3, -0.25) is 9.59 Å². The number of nitrogens with one attached hydrogen (secondary N) is 2. The summed E-state index contributed by atoms with van der Waals surface area (Å²) in [5.74, 6) is -0.317. The highest BCUT2D eigenvalue weighted by Gasteiger charge is 2.09. The summed E-state index contributed by atoms with van der Waals surface area (Å²) in [5, 5.41) is 7.38. The predicted octanol–water partition coefficient (Wildman–Crippen LogP) is 2.25. The van der Waals surface area contributed by atoms with E-state index < -0.39 is 0 Å². The van der Waals surface area contributed by atoms with Gasteiger partial charge in [0.15, 0.2) is 5.13 Å². The van der Waals surface area contributed by atoms with Crippen LogP contribution in [0.2, 0.25) is 0 Å². The molecule has 0 fully saturated rings. The van der Waals surface area contributed by atoms with Gasteiger partial charge < -0.3 is 10.6 Å². The zero-order chi connectivity index (χ0) is 14.4. The number of benzene rings is 1. The van der Waals surface area contributed by atoms with Crippen molar-refractivity contribution in [1.82, 2.24) is 10.3 Å². The lowest BCUT2D eigenvalue weighted by Gasteiger charge is -2.04. The van der Waals surface area contributed by atoms with Crippen LogP contribution in [0.1, 0.15) is 16.1 Å². The zero-order valence-electron chi connectivity index (χ0n) is 10.4. The number of hydrogen-bond acceptors (Lipinski definition) is 4. The summed E-state index contributed by atoms with van der Waals surface area (Å²) in [6, 6.07) is 8.71. The quantitative estimate of drug-likeness (QED) is 0.832. The van der Waals surface area contributed by atoms with E-state index in [9.17, 15) is 9.59 Å². The Morgan fingerprint density at radius 1 is 1.25 bits per heavy atom. The summed E-state index contributed by atoms with van der Waals surface area (Å²) in [4.78, 5) is 27.5. The van der Waals surface area contributed by atoms with Crippen molar-refractivity contribution in [3.05, 3.63) is 47.0 Å². The van der Waals surface area contributed by atoms with Crippen molar-refractivity contribution in [3.8, 4) is 0 Å². The molecule has 0 aliphatic rings. The highest BCUT2D eigenvalue weighted by atomic mass is 35.5. The molecule has 1 heterocycles. The fourth-order valence-electron chi connectivity index (χ4n) is 1.44. The Morgan fingerprint density at radius 3 is 2.65 bits per heavy atom. The molecule has 0 unspecified atom stereocenters. The van der Waals surface area contributed by atoms with Gasteiger partial charge in [-0.15, -0.1) is 22.9 Å². The highest BCUT2D eigenvalue weighted by Crippen LogP contribution is 2.16. The van der Waals surface area contributed by atoms with Crippen LogP contribution < -0.4 is 10.6 Å². The maximum atomic E-state index is 11.7. The summed E-state index contributed by atoms with van der Waals surface area (Å²) in [5.41, 5.74) is 1.22. The first kappa shape index (κ1) is 14.5. The normalized spacial score (nSPS) is 10.1. The van der Waals surface area contributed by atoms with Gasteiger partial charge in [-0.05, 0) is 12.1 Å². The standard InChI is InChI=1S/C13H12ClN3O2S/c14-6-10-8-20-13(16-10)17-11(18)7-15-12(19)9-4-2-1-3-5-9/h1-5,8H,6-7H2,(H,15,19)(H,16,17,18). The topological polar surface area (TPSA) is 71.1 Å². The molecule has 2 N–H and O–H groups in total. The predicted molar refractivity (Wildman–Crippen MR) is 79.1 cm³/mol. The summed E-state index contributed by atoms with van der Waals surface area (Å²) in [7, 11) is 0. The van der Waals surface area contributed by atoms with Crippen LogP contribution in [0.4, 0.5) is 5.13 Å². The Bertz CT molecular complexity index is 601. The number of thiazole rings is 1. The third kappa shape index (κ3) is 4.04. The summed E-state index contributed by atoms with van der Waals surface area (Å²) < 4.78 is 0. The van der Waals surface area contributed by atoms with Crippen LogP contribution >= 0.6 is 22.9 Å². The molecule has 5 nitrogen and oxygen atoms in total. The van der Waals surface area contributed by atoms with E-state index in [4.69, 9.17) is 11.6 Å². The molecule has 0 atom stereocenters. The average Bonchev–Trinajstić information content (AvgIpc) is 2.93. The smallest absolute Gasteiger partial charge is 0.251 e. The maximum absolute atomic E-state index is 11.7. The number of amides is 2. The van der Waals surface area contributed by atoms with Crippen molar-refractivity contribution in [1.29, 1.82) is 0 Å². The van der Waals surface area contributed by atoms with Gasteiger partial charge in [0.05, 0.1) is 18.1 Å². The van der Waals surface area contributed by atoms with Gasteiger partial charge in [0, 0.05) is 10.9 Å². The summed E-state index contributed by atoms with van der Waals surface area (Å²) >= 11 is 6.91. The molecule has 20 heavy (non-hydrogen) atoms. The average molecular weight is 310 g/mol. The molecule has 0 saturated carbocycles. The Hall–Kier alpha value is -1.92. The Morgan fingerprint density at radius 2 is 2.00 bits per heavy atom. The van der Waals surface area contributed by atoms with Gasteiger partial charge >= 0.3 is 0 Å². The Kier molecular flexibility index (Phi) is 5.09. The van der Waals surface area contributed by atoms with E-state index in [2.05, 4.69) is 15.6 Å². The van der Waals surface area contributed by atoms with Gasteiger partial charge in [0.1, 0.15) is 0 Å². The molecule has 2 rings (SSSR count). The minimum atomic E-state index is -0.329. The van der Waals surface area contributed by atoms with E-state index in [0.29, 0.717) is 22.3 Å². The molecule has 0 aliphatic heterocycles. The van der Waals surface area contributed by atoms with Crippen LogP contribution in [0.15, 0.2) is 35.7 Å². The number of rotatable bonds is 5. The van der Waals surface area contributed by atoms with Crippen molar-refractivity contribution in [2.24, 2.45) is 0 Å². The molecular weight excluding hydrogens is 298 g/mol. The van der Waals surface area contributed by atoms with Gasteiger partial charge in [-0.1, -0.05) is 18.2 Å². The zero-order valence-corrected chi connectivity index (χ0v) is 12.0. The van der Waals surface area contributed by atoms with Gasteiger partial charge in [-0.2, -0.15) is 0 Å². The largest absolute Gasteiger partial charge is 0.343 e. The van der Waals surface area contributed by atoms with E-state index >= 15 is 0 Å². The van der Waals surface area contributed by atoms with Crippen LogP contribution in [0.5, 0.6) is 0 Å². The molecular formula is C13H12ClN3O2S. The molecule has 2 aromatic rings. The van der Waals surface area contributed by atoms with Crippen molar-refractivity contribution in [3.63, 3.8) is 0 Å². The molecule has 0 bridgehead atoms. The maximum Gasteiger partial charge on any atom is 0.251 e. The van der Waals surface area contributed by atoms with Gasteiger partial charge in [0.2, 0.25) is 5.91 Å². The van der Waals surface area contributed by atoms with Crippen molar-refractivity contribution in [2.45, 2.75) is 5.88 Å². The van der Waals surface area contributed by atoms with E-state index in [1.54, 1.807) is 29.6 Å². The lowest BCUT2D eigenvalue weighted by Crippen LogP contribution is -2.32. The van der Waals surface area contributed by atoms with Crippen LogP contribution in [0.25, 0.3) is 0 Å². The number of hydrogen-bond donors (Lipinski definition) is 2. The third-order valence-corrected chi connectivity index (χ3v) is 3.46. The molecule has 104 valence electrons. The number of anilines is 1. The van der Waals surface area contributed by atoms with E-state index in [0.717, 1.165) is 0 Å². The molecule has 1 aromatic carbocycles. The Labute approximate surface area is 125 Å². The highest BCUT2D eigenvalue weighted by molar-refractivity contribution is 7.13.